The molecule has 0 amide bonds. The van der Waals surface area contributed by atoms with Crippen molar-refractivity contribution in [2.45, 2.75) is 11.4 Å². The lowest BCUT2D eigenvalue weighted by molar-refractivity contribution is 0.414. The van der Waals surface area contributed by atoms with E-state index in [9.17, 15) is 8.42 Å². The molecule has 0 unspecified atom stereocenters. The maximum absolute atomic E-state index is 12.2. The number of sulfonamides is 1. The zero-order valence-electron chi connectivity index (χ0n) is 11.1. The molecule has 0 aliphatic carbocycles. The van der Waals surface area contributed by atoms with Crippen LogP contribution < -0.4 is 9.46 Å². The van der Waals surface area contributed by atoms with Gasteiger partial charge in [0.1, 0.15) is 5.75 Å². The minimum atomic E-state index is -3.67. The zero-order valence-corrected chi connectivity index (χ0v) is 13.5. The molecule has 0 bridgehead atoms. The lowest BCUT2D eigenvalue weighted by atomic mass is 10.2. The minimum absolute atomic E-state index is 0.0698. The summed E-state index contributed by atoms with van der Waals surface area (Å²) in [6.45, 7) is 0.103. The number of benzene rings is 2. The van der Waals surface area contributed by atoms with E-state index in [0.29, 0.717) is 16.3 Å². The van der Waals surface area contributed by atoms with E-state index in [0.717, 1.165) is 0 Å². The van der Waals surface area contributed by atoms with Crippen molar-refractivity contribution in [3.05, 3.63) is 58.1 Å². The van der Waals surface area contributed by atoms with Gasteiger partial charge in [-0.2, -0.15) is 0 Å². The van der Waals surface area contributed by atoms with Gasteiger partial charge in [-0.25, -0.2) is 13.1 Å². The second kappa shape index (κ2) is 6.66. The largest absolute Gasteiger partial charge is 0.495 e. The Morgan fingerprint density at radius 2 is 1.81 bits per heavy atom. The summed E-state index contributed by atoms with van der Waals surface area (Å²) in [6.07, 6.45) is 0. The van der Waals surface area contributed by atoms with Crippen LogP contribution in [0.15, 0.2) is 47.4 Å². The van der Waals surface area contributed by atoms with Crippen molar-refractivity contribution in [3.8, 4) is 5.75 Å². The minimum Gasteiger partial charge on any atom is -0.495 e. The number of methoxy groups -OCH3 is 1. The molecule has 0 aromatic heterocycles. The molecule has 0 saturated heterocycles. The fraction of sp³-hybridized carbons (Fsp3) is 0.143. The van der Waals surface area contributed by atoms with Crippen LogP contribution in [0.1, 0.15) is 5.56 Å². The monoisotopic (exact) mass is 345 g/mol. The van der Waals surface area contributed by atoms with Gasteiger partial charge < -0.3 is 4.74 Å². The highest BCUT2D eigenvalue weighted by Crippen LogP contribution is 2.27. The molecule has 2 aromatic rings. The van der Waals surface area contributed by atoms with Gasteiger partial charge >= 0.3 is 0 Å². The molecule has 2 rings (SSSR count). The van der Waals surface area contributed by atoms with Crippen LogP contribution in [0.25, 0.3) is 0 Å². The molecule has 2 aromatic carbocycles. The van der Waals surface area contributed by atoms with Crippen LogP contribution in [0.3, 0.4) is 0 Å². The summed E-state index contributed by atoms with van der Waals surface area (Å²) in [5.74, 6) is 0.418. The summed E-state index contributed by atoms with van der Waals surface area (Å²) in [6, 6.07) is 11.3. The molecule has 0 atom stereocenters. The summed E-state index contributed by atoms with van der Waals surface area (Å²) >= 11 is 11.9. The van der Waals surface area contributed by atoms with Crippen LogP contribution in [0, 0.1) is 0 Å². The first-order valence-corrected chi connectivity index (χ1v) is 8.24. The Kier molecular flexibility index (Phi) is 5.11. The van der Waals surface area contributed by atoms with Gasteiger partial charge in [0.05, 0.1) is 17.0 Å². The van der Waals surface area contributed by atoms with E-state index < -0.39 is 10.0 Å². The van der Waals surface area contributed by atoms with E-state index in [1.54, 1.807) is 24.3 Å². The molecule has 112 valence electrons. The quantitative estimate of drug-likeness (QED) is 0.902. The van der Waals surface area contributed by atoms with Gasteiger partial charge in [-0.1, -0.05) is 41.4 Å². The van der Waals surface area contributed by atoms with Gasteiger partial charge in [-0.3, -0.25) is 0 Å². The van der Waals surface area contributed by atoms with Gasteiger partial charge in [0.15, 0.2) is 0 Å². The topological polar surface area (TPSA) is 55.4 Å². The third-order valence-corrected chi connectivity index (χ3v) is 4.91. The summed E-state index contributed by atoms with van der Waals surface area (Å²) in [5.41, 5.74) is 0.697. The van der Waals surface area contributed by atoms with E-state index in [-0.39, 0.29) is 16.5 Å². The third kappa shape index (κ3) is 3.89. The number of hydrogen-bond donors (Lipinski definition) is 1. The molecule has 4 nitrogen and oxygen atoms in total. The molecule has 0 radical (unpaired) electrons. The number of hydrogen-bond acceptors (Lipinski definition) is 3. The van der Waals surface area contributed by atoms with E-state index in [4.69, 9.17) is 27.9 Å². The fourth-order valence-corrected chi connectivity index (χ4v) is 3.27. The second-order valence-electron chi connectivity index (χ2n) is 4.21. The Morgan fingerprint density at radius 1 is 1.10 bits per heavy atom. The standard InChI is InChI=1S/C14H13Cl2NO3S/c1-20-14-7-6-11(8-13(14)16)21(18,19)17-9-10-4-2-3-5-12(10)15/h2-8,17H,9H2,1H3. The Bertz CT molecular complexity index is 748. The number of nitrogens with one attached hydrogen (secondary N) is 1. The lowest BCUT2D eigenvalue weighted by Gasteiger charge is -2.09. The molecule has 21 heavy (non-hydrogen) atoms. The van der Waals surface area contributed by atoms with Crippen LogP contribution in [0.4, 0.5) is 0 Å². The molecule has 0 spiro atoms. The van der Waals surface area contributed by atoms with E-state index in [1.807, 2.05) is 0 Å². The van der Waals surface area contributed by atoms with Crippen LogP contribution >= 0.6 is 23.2 Å². The van der Waals surface area contributed by atoms with Crippen LogP contribution in [-0.2, 0) is 16.6 Å². The Balaban J connectivity index is 2.19. The SMILES string of the molecule is COc1ccc(S(=O)(=O)NCc2ccccc2Cl)cc1Cl. The molecule has 0 saturated carbocycles. The average Bonchev–Trinajstić information content (AvgIpc) is 2.46. The lowest BCUT2D eigenvalue weighted by Crippen LogP contribution is -2.23. The second-order valence-corrected chi connectivity index (χ2v) is 6.79. The molecule has 0 heterocycles. The summed E-state index contributed by atoms with van der Waals surface area (Å²) in [7, 11) is -2.21. The van der Waals surface area contributed by atoms with Gasteiger partial charge in [0, 0.05) is 11.6 Å². The number of halogens is 2. The van der Waals surface area contributed by atoms with Crippen LogP contribution in [0.5, 0.6) is 5.75 Å². The van der Waals surface area contributed by atoms with Crippen molar-refractivity contribution >= 4 is 33.2 Å². The van der Waals surface area contributed by atoms with Crippen molar-refractivity contribution in [2.24, 2.45) is 0 Å². The van der Waals surface area contributed by atoms with E-state index >= 15 is 0 Å². The molecule has 0 aliphatic heterocycles. The van der Waals surface area contributed by atoms with Crippen molar-refractivity contribution in [2.75, 3.05) is 7.11 Å². The highest BCUT2D eigenvalue weighted by Gasteiger charge is 2.16. The number of ether oxygens (including phenoxy) is 1. The maximum Gasteiger partial charge on any atom is 0.240 e. The van der Waals surface area contributed by atoms with Crippen molar-refractivity contribution in [3.63, 3.8) is 0 Å². The maximum atomic E-state index is 12.2. The third-order valence-electron chi connectivity index (χ3n) is 2.84. The molecular weight excluding hydrogens is 333 g/mol. The van der Waals surface area contributed by atoms with E-state index in [1.165, 1.54) is 25.3 Å². The smallest absolute Gasteiger partial charge is 0.240 e. The fourth-order valence-electron chi connectivity index (χ4n) is 1.71. The van der Waals surface area contributed by atoms with E-state index in [2.05, 4.69) is 4.72 Å². The summed E-state index contributed by atoms with van der Waals surface area (Å²) in [5, 5.41) is 0.742. The normalized spacial score (nSPS) is 11.4. The first kappa shape index (κ1) is 16.1. The average molecular weight is 346 g/mol. The number of rotatable bonds is 5. The first-order chi connectivity index (χ1) is 9.94. The predicted molar refractivity (Wildman–Crippen MR) is 83.5 cm³/mol. The molecule has 7 heteroatoms. The van der Waals surface area contributed by atoms with Gasteiger partial charge in [-0.05, 0) is 29.8 Å². The van der Waals surface area contributed by atoms with Crippen molar-refractivity contribution < 1.29 is 13.2 Å². The van der Waals surface area contributed by atoms with Gasteiger partial charge in [0.2, 0.25) is 10.0 Å². The molecule has 0 aliphatic rings. The van der Waals surface area contributed by atoms with Crippen LogP contribution in [-0.4, -0.2) is 15.5 Å². The van der Waals surface area contributed by atoms with Crippen molar-refractivity contribution in [1.82, 2.24) is 4.72 Å². The molecule has 0 fully saturated rings. The molecular formula is C14H13Cl2NO3S. The van der Waals surface area contributed by atoms with Gasteiger partial charge in [0.25, 0.3) is 0 Å². The highest BCUT2D eigenvalue weighted by molar-refractivity contribution is 7.89. The van der Waals surface area contributed by atoms with Crippen molar-refractivity contribution in [1.29, 1.82) is 0 Å². The summed E-state index contributed by atoms with van der Waals surface area (Å²) in [4.78, 5) is 0.0698. The highest BCUT2D eigenvalue weighted by atomic mass is 35.5. The zero-order chi connectivity index (χ0) is 15.5. The predicted octanol–water partition coefficient (Wildman–Crippen LogP) is 3.48. The van der Waals surface area contributed by atoms with Gasteiger partial charge in [-0.15, -0.1) is 0 Å². The Morgan fingerprint density at radius 3 is 2.43 bits per heavy atom. The molecule has 1 N–H and O–H groups in total. The first-order valence-electron chi connectivity index (χ1n) is 6.00. The van der Waals surface area contributed by atoms with Crippen LogP contribution in [0.2, 0.25) is 10.0 Å². The Hall–Kier alpha value is -1.27. The Labute approximate surface area is 133 Å². The summed E-state index contributed by atoms with van der Waals surface area (Å²) < 4.78 is 31.9.